The van der Waals surface area contributed by atoms with Gasteiger partial charge in [0.15, 0.2) is 0 Å². The molecule has 0 radical (unpaired) electrons. The molecule has 0 saturated carbocycles. The molecule has 0 spiro atoms. The summed E-state index contributed by atoms with van der Waals surface area (Å²) in [5.74, 6) is 0.581. The van der Waals surface area contributed by atoms with E-state index in [1.54, 1.807) is 33.1 Å². The molecule has 2 aromatic carbocycles. The van der Waals surface area contributed by atoms with Crippen LogP contribution >= 0.6 is 27.5 Å². The Morgan fingerprint density at radius 2 is 1.70 bits per heavy atom. The highest BCUT2D eigenvalue weighted by molar-refractivity contribution is 9.10. The standard InChI is InChI=1S/C16H15BrClFO/c1-9-6-12(7-10(2)16(9)19)15(18)11-4-5-14(20-3)13(17)8-11/h4-8,15H,1-3H3. The molecule has 2 aromatic rings. The van der Waals surface area contributed by atoms with Crippen LogP contribution in [0.15, 0.2) is 34.8 Å². The molecule has 0 bridgehead atoms. The van der Waals surface area contributed by atoms with Crippen LogP contribution in [0.3, 0.4) is 0 Å². The molecule has 1 unspecified atom stereocenters. The molecule has 4 heteroatoms. The van der Waals surface area contributed by atoms with Crippen molar-refractivity contribution in [1.29, 1.82) is 0 Å². The Kier molecular flexibility index (Phi) is 4.71. The third-order valence-electron chi connectivity index (χ3n) is 3.22. The van der Waals surface area contributed by atoms with Gasteiger partial charge in [0, 0.05) is 0 Å². The van der Waals surface area contributed by atoms with E-state index in [4.69, 9.17) is 16.3 Å². The van der Waals surface area contributed by atoms with Crippen molar-refractivity contribution in [1.82, 2.24) is 0 Å². The van der Waals surface area contributed by atoms with Gasteiger partial charge in [0.1, 0.15) is 11.6 Å². The van der Waals surface area contributed by atoms with E-state index in [1.165, 1.54) is 0 Å². The minimum atomic E-state index is -0.324. The maximum Gasteiger partial charge on any atom is 0.133 e. The number of rotatable bonds is 3. The van der Waals surface area contributed by atoms with E-state index >= 15 is 0 Å². The third kappa shape index (κ3) is 2.99. The minimum Gasteiger partial charge on any atom is -0.496 e. The molecule has 0 N–H and O–H groups in total. The highest BCUT2D eigenvalue weighted by atomic mass is 79.9. The van der Waals surface area contributed by atoms with Crippen LogP contribution in [0, 0.1) is 19.7 Å². The Hall–Kier alpha value is -1.06. The van der Waals surface area contributed by atoms with E-state index in [2.05, 4.69) is 15.9 Å². The Labute approximate surface area is 131 Å². The summed E-state index contributed by atoms with van der Waals surface area (Å²) in [5, 5.41) is -0.324. The maximum absolute atomic E-state index is 13.7. The summed E-state index contributed by atoms with van der Waals surface area (Å²) in [6, 6.07) is 9.27. The van der Waals surface area contributed by atoms with Crippen LogP contribution in [-0.2, 0) is 0 Å². The second kappa shape index (κ2) is 6.15. The fraction of sp³-hybridized carbons (Fsp3) is 0.250. The lowest BCUT2D eigenvalue weighted by molar-refractivity contribution is 0.412. The van der Waals surface area contributed by atoms with E-state index in [0.717, 1.165) is 21.3 Å². The van der Waals surface area contributed by atoms with Crippen LogP contribution in [0.1, 0.15) is 27.6 Å². The van der Waals surface area contributed by atoms with E-state index in [0.29, 0.717) is 11.1 Å². The van der Waals surface area contributed by atoms with Crippen LogP contribution in [0.5, 0.6) is 5.75 Å². The van der Waals surface area contributed by atoms with Crippen molar-refractivity contribution < 1.29 is 9.13 Å². The second-order valence-electron chi connectivity index (χ2n) is 4.73. The fourth-order valence-corrected chi connectivity index (χ4v) is 2.98. The number of halogens is 3. The predicted molar refractivity (Wildman–Crippen MR) is 84.3 cm³/mol. The molecule has 106 valence electrons. The highest BCUT2D eigenvalue weighted by Crippen LogP contribution is 2.35. The Morgan fingerprint density at radius 3 is 2.20 bits per heavy atom. The lowest BCUT2D eigenvalue weighted by atomic mass is 9.99. The van der Waals surface area contributed by atoms with Gasteiger partial charge < -0.3 is 4.74 Å². The quantitative estimate of drug-likeness (QED) is 0.655. The molecule has 0 fully saturated rings. The van der Waals surface area contributed by atoms with Crippen LogP contribution < -0.4 is 4.74 Å². The summed E-state index contributed by atoms with van der Waals surface area (Å²) < 4.78 is 19.7. The van der Waals surface area contributed by atoms with Crippen molar-refractivity contribution in [3.63, 3.8) is 0 Å². The molecule has 0 aliphatic heterocycles. The molecule has 0 aliphatic carbocycles. The third-order valence-corrected chi connectivity index (χ3v) is 4.34. The second-order valence-corrected chi connectivity index (χ2v) is 6.02. The molecule has 2 rings (SSSR count). The Morgan fingerprint density at radius 1 is 1.10 bits per heavy atom. The molecule has 0 aliphatic rings. The van der Waals surface area contributed by atoms with Gasteiger partial charge in [-0.05, 0) is 64.2 Å². The summed E-state index contributed by atoms with van der Waals surface area (Å²) >= 11 is 9.96. The Bertz CT molecular complexity index is 619. The van der Waals surface area contributed by atoms with Gasteiger partial charge in [0.2, 0.25) is 0 Å². The molecule has 20 heavy (non-hydrogen) atoms. The number of aryl methyl sites for hydroxylation is 2. The number of ether oxygens (including phenoxy) is 1. The highest BCUT2D eigenvalue weighted by Gasteiger charge is 2.15. The smallest absolute Gasteiger partial charge is 0.133 e. The topological polar surface area (TPSA) is 9.23 Å². The average molecular weight is 358 g/mol. The van der Waals surface area contributed by atoms with Crippen molar-refractivity contribution in [3.8, 4) is 5.75 Å². The molecule has 0 saturated heterocycles. The van der Waals surface area contributed by atoms with Gasteiger partial charge >= 0.3 is 0 Å². The molecule has 0 amide bonds. The maximum atomic E-state index is 13.7. The first-order valence-electron chi connectivity index (χ1n) is 6.18. The van der Waals surface area contributed by atoms with Gasteiger partial charge in [-0.2, -0.15) is 0 Å². The van der Waals surface area contributed by atoms with Crippen molar-refractivity contribution in [2.75, 3.05) is 7.11 Å². The number of hydrogen-bond donors (Lipinski definition) is 0. The largest absolute Gasteiger partial charge is 0.496 e. The van der Waals surface area contributed by atoms with Crippen molar-refractivity contribution in [2.45, 2.75) is 19.2 Å². The molecule has 0 heterocycles. The lowest BCUT2D eigenvalue weighted by Gasteiger charge is -2.14. The summed E-state index contributed by atoms with van der Waals surface area (Å²) in [4.78, 5) is 0. The number of hydrogen-bond acceptors (Lipinski definition) is 1. The molecule has 1 nitrogen and oxygen atoms in total. The van der Waals surface area contributed by atoms with Crippen LogP contribution in [0.25, 0.3) is 0 Å². The normalized spacial score (nSPS) is 12.3. The van der Waals surface area contributed by atoms with Crippen molar-refractivity contribution in [3.05, 3.63) is 62.9 Å². The minimum absolute atomic E-state index is 0.173. The SMILES string of the molecule is COc1ccc(C(Cl)c2cc(C)c(F)c(C)c2)cc1Br. The van der Waals surface area contributed by atoms with E-state index in [1.807, 2.05) is 18.2 Å². The van der Waals surface area contributed by atoms with Gasteiger partial charge in [-0.3, -0.25) is 0 Å². The lowest BCUT2D eigenvalue weighted by Crippen LogP contribution is -1.98. The average Bonchev–Trinajstić information content (AvgIpc) is 2.43. The van der Waals surface area contributed by atoms with Crippen LogP contribution in [-0.4, -0.2) is 7.11 Å². The van der Waals surface area contributed by atoms with Crippen molar-refractivity contribution in [2.24, 2.45) is 0 Å². The summed E-state index contributed by atoms with van der Waals surface area (Å²) in [5.41, 5.74) is 3.04. The molecule has 0 aromatic heterocycles. The fourth-order valence-electron chi connectivity index (χ4n) is 2.16. The Balaban J connectivity index is 2.41. The summed E-state index contributed by atoms with van der Waals surface area (Å²) in [6.45, 7) is 3.50. The zero-order valence-electron chi connectivity index (χ0n) is 11.5. The van der Waals surface area contributed by atoms with Gasteiger partial charge in [-0.1, -0.05) is 18.2 Å². The van der Waals surface area contributed by atoms with Crippen LogP contribution in [0.4, 0.5) is 4.39 Å². The number of alkyl halides is 1. The first-order chi connectivity index (χ1) is 9.43. The van der Waals surface area contributed by atoms with E-state index in [9.17, 15) is 4.39 Å². The van der Waals surface area contributed by atoms with E-state index < -0.39 is 0 Å². The molecule has 1 atom stereocenters. The van der Waals surface area contributed by atoms with Gasteiger partial charge in [-0.25, -0.2) is 4.39 Å². The van der Waals surface area contributed by atoms with Gasteiger partial charge in [0.25, 0.3) is 0 Å². The van der Waals surface area contributed by atoms with Crippen molar-refractivity contribution >= 4 is 27.5 Å². The molecular weight excluding hydrogens is 343 g/mol. The summed E-state index contributed by atoms with van der Waals surface area (Å²) in [7, 11) is 1.62. The number of benzene rings is 2. The van der Waals surface area contributed by atoms with Gasteiger partial charge in [0.05, 0.1) is 17.0 Å². The first-order valence-corrected chi connectivity index (χ1v) is 7.41. The number of methoxy groups -OCH3 is 1. The zero-order valence-corrected chi connectivity index (χ0v) is 13.8. The monoisotopic (exact) mass is 356 g/mol. The summed E-state index contributed by atoms with van der Waals surface area (Å²) in [6.07, 6.45) is 0. The first kappa shape index (κ1) is 15.3. The van der Waals surface area contributed by atoms with Gasteiger partial charge in [-0.15, -0.1) is 11.6 Å². The zero-order chi connectivity index (χ0) is 14.9. The van der Waals surface area contributed by atoms with E-state index in [-0.39, 0.29) is 11.2 Å². The predicted octanol–water partition coefficient (Wildman–Crippen LogP) is 5.54. The molecular formula is C16H15BrClFO. The van der Waals surface area contributed by atoms with Crippen LogP contribution in [0.2, 0.25) is 0 Å².